The minimum Gasteiger partial charge on any atom is -0.491 e. The molecule has 21 heavy (non-hydrogen) atoms. The van der Waals surface area contributed by atoms with Gasteiger partial charge in [0.1, 0.15) is 5.75 Å². The van der Waals surface area contributed by atoms with Crippen molar-refractivity contribution in [2.45, 2.75) is 12.8 Å². The largest absolute Gasteiger partial charge is 0.491 e. The maximum atomic E-state index is 11.0. The minimum atomic E-state index is -0.414. The Hall–Kier alpha value is -2.20. The van der Waals surface area contributed by atoms with Crippen LogP contribution in [0, 0.1) is 0 Å². The number of amides is 1. The molecule has 110 valence electrons. The van der Waals surface area contributed by atoms with Crippen LogP contribution in [0.1, 0.15) is 22.3 Å². The third kappa shape index (κ3) is 4.39. The van der Waals surface area contributed by atoms with E-state index in [1.165, 1.54) is 0 Å². The second kappa shape index (κ2) is 6.99. The summed E-state index contributed by atoms with van der Waals surface area (Å²) in [5, 5.41) is 0.592. The molecule has 0 spiro atoms. The number of nitrogen functional groups attached to an aromatic ring is 1. The van der Waals surface area contributed by atoms with Gasteiger partial charge in [0.15, 0.2) is 0 Å². The van der Waals surface area contributed by atoms with E-state index < -0.39 is 5.91 Å². The summed E-state index contributed by atoms with van der Waals surface area (Å²) >= 11 is 5.82. The van der Waals surface area contributed by atoms with Gasteiger partial charge in [0.2, 0.25) is 5.91 Å². The van der Waals surface area contributed by atoms with Crippen LogP contribution in [-0.4, -0.2) is 12.5 Å². The molecule has 2 aromatic rings. The molecule has 1 amide bonds. The Morgan fingerprint density at radius 3 is 2.48 bits per heavy atom. The maximum absolute atomic E-state index is 11.0. The van der Waals surface area contributed by atoms with Gasteiger partial charge in [0, 0.05) is 10.6 Å². The standard InChI is InChI=1S/C16H17ClN2O2/c17-13-7-8-15(14(18)10-13)21-9-1-2-11-3-5-12(6-4-11)16(19)20/h3-8,10H,1-2,9,18H2,(H2,19,20). The number of hydrogen-bond donors (Lipinski definition) is 2. The first kappa shape index (κ1) is 15.2. The summed E-state index contributed by atoms with van der Waals surface area (Å²) in [6.07, 6.45) is 1.70. The number of nitrogens with two attached hydrogens (primary N) is 2. The van der Waals surface area contributed by atoms with Gasteiger partial charge in [-0.2, -0.15) is 0 Å². The summed E-state index contributed by atoms with van der Waals surface area (Å²) in [5.74, 6) is 0.228. The lowest BCUT2D eigenvalue weighted by Gasteiger charge is -2.09. The van der Waals surface area contributed by atoms with Crippen LogP contribution in [0.5, 0.6) is 5.75 Å². The van der Waals surface area contributed by atoms with E-state index in [9.17, 15) is 4.79 Å². The fraction of sp³-hybridized carbons (Fsp3) is 0.188. The zero-order chi connectivity index (χ0) is 15.2. The summed E-state index contributed by atoms with van der Waals surface area (Å²) in [6.45, 7) is 0.559. The molecule has 0 saturated heterocycles. The summed E-state index contributed by atoms with van der Waals surface area (Å²) in [6, 6.07) is 12.4. The van der Waals surface area contributed by atoms with Gasteiger partial charge >= 0.3 is 0 Å². The number of ether oxygens (including phenoxy) is 1. The lowest BCUT2D eigenvalue weighted by Crippen LogP contribution is -2.10. The third-order valence-electron chi connectivity index (χ3n) is 3.08. The van der Waals surface area contributed by atoms with Gasteiger partial charge in [-0.15, -0.1) is 0 Å². The molecule has 4 nitrogen and oxygen atoms in total. The van der Waals surface area contributed by atoms with Gasteiger partial charge < -0.3 is 16.2 Å². The van der Waals surface area contributed by atoms with E-state index in [-0.39, 0.29) is 0 Å². The second-order valence-electron chi connectivity index (χ2n) is 4.70. The van der Waals surface area contributed by atoms with E-state index in [0.717, 1.165) is 18.4 Å². The Morgan fingerprint density at radius 1 is 1.14 bits per heavy atom. The van der Waals surface area contributed by atoms with E-state index in [1.807, 2.05) is 12.1 Å². The minimum absolute atomic E-state index is 0.414. The number of benzene rings is 2. The Morgan fingerprint density at radius 2 is 1.86 bits per heavy atom. The first-order chi connectivity index (χ1) is 10.1. The molecule has 4 N–H and O–H groups in total. The SMILES string of the molecule is NC(=O)c1ccc(CCCOc2ccc(Cl)cc2N)cc1. The molecular formula is C16H17ClN2O2. The molecule has 0 fully saturated rings. The Labute approximate surface area is 128 Å². The summed E-state index contributed by atoms with van der Waals surface area (Å²) < 4.78 is 5.62. The van der Waals surface area contributed by atoms with Crippen molar-refractivity contribution in [2.75, 3.05) is 12.3 Å². The predicted octanol–water partition coefficient (Wildman–Crippen LogP) is 3.03. The Balaban J connectivity index is 1.80. The molecule has 0 aliphatic rings. The van der Waals surface area contributed by atoms with Gasteiger partial charge in [0.25, 0.3) is 0 Å². The van der Waals surface area contributed by atoms with Crippen molar-refractivity contribution in [1.82, 2.24) is 0 Å². The van der Waals surface area contributed by atoms with Crippen molar-refractivity contribution < 1.29 is 9.53 Å². The van der Waals surface area contributed by atoms with Gasteiger partial charge in [-0.25, -0.2) is 0 Å². The zero-order valence-corrected chi connectivity index (χ0v) is 12.3. The monoisotopic (exact) mass is 304 g/mol. The van der Waals surface area contributed by atoms with Crippen LogP contribution < -0.4 is 16.2 Å². The summed E-state index contributed by atoms with van der Waals surface area (Å²) in [5.41, 5.74) is 13.2. The van der Waals surface area contributed by atoms with Crippen molar-refractivity contribution in [1.29, 1.82) is 0 Å². The number of halogens is 1. The molecule has 0 bridgehead atoms. The lowest BCUT2D eigenvalue weighted by atomic mass is 10.1. The molecular weight excluding hydrogens is 288 g/mol. The molecule has 0 radical (unpaired) electrons. The van der Waals surface area contributed by atoms with Crippen LogP contribution in [0.15, 0.2) is 42.5 Å². The number of primary amides is 1. The van der Waals surface area contributed by atoms with Gasteiger partial charge in [0.05, 0.1) is 12.3 Å². The molecule has 0 atom stereocenters. The lowest BCUT2D eigenvalue weighted by molar-refractivity contribution is 0.100. The highest BCUT2D eigenvalue weighted by atomic mass is 35.5. The highest BCUT2D eigenvalue weighted by molar-refractivity contribution is 6.30. The fourth-order valence-corrected chi connectivity index (χ4v) is 2.13. The average molecular weight is 305 g/mol. The normalized spacial score (nSPS) is 10.3. The van der Waals surface area contributed by atoms with Gasteiger partial charge in [-0.05, 0) is 48.7 Å². The fourth-order valence-electron chi connectivity index (χ4n) is 1.94. The third-order valence-corrected chi connectivity index (χ3v) is 3.31. The van der Waals surface area contributed by atoms with E-state index in [1.54, 1.807) is 30.3 Å². The molecule has 0 aliphatic heterocycles. The van der Waals surface area contributed by atoms with Crippen molar-refractivity contribution >= 4 is 23.2 Å². The van der Waals surface area contributed by atoms with Crippen LogP contribution >= 0.6 is 11.6 Å². The number of aryl methyl sites for hydroxylation is 1. The van der Waals surface area contributed by atoms with E-state index in [2.05, 4.69) is 0 Å². The summed E-state index contributed by atoms with van der Waals surface area (Å²) in [4.78, 5) is 11.0. The van der Waals surface area contributed by atoms with E-state index in [0.29, 0.717) is 28.6 Å². The van der Waals surface area contributed by atoms with Crippen molar-refractivity contribution in [2.24, 2.45) is 5.73 Å². The summed E-state index contributed by atoms with van der Waals surface area (Å²) in [7, 11) is 0. The van der Waals surface area contributed by atoms with Crippen molar-refractivity contribution in [3.05, 3.63) is 58.6 Å². The molecule has 0 heterocycles. The smallest absolute Gasteiger partial charge is 0.248 e. The first-order valence-corrected chi connectivity index (χ1v) is 7.00. The topological polar surface area (TPSA) is 78.3 Å². The van der Waals surface area contributed by atoms with Crippen LogP contribution in [0.4, 0.5) is 5.69 Å². The van der Waals surface area contributed by atoms with E-state index >= 15 is 0 Å². The molecule has 0 unspecified atom stereocenters. The van der Waals surface area contributed by atoms with Crippen LogP contribution in [0.2, 0.25) is 5.02 Å². The number of carbonyl (C=O) groups is 1. The number of hydrogen-bond acceptors (Lipinski definition) is 3. The van der Waals surface area contributed by atoms with Crippen LogP contribution in [-0.2, 0) is 6.42 Å². The molecule has 2 aromatic carbocycles. The molecule has 0 aliphatic carbocycles. The van der Waals surface area contributed by atoms with Crippen molar-refractivity contribution in [3.63, 3.8) is 0 Å². The van der Waals surface area contributed by atoms with Crippen molar-refractivity contribution in [3.8, 4) is 5.75 Å². The van der Waals surface area contributed by atoms with E-state index in [4.69, 9.17) is 27.8 Å². The number of anilines is 1. The highest BCUT2D eigenvalue weighted by Crippen LogP contribution is 2.25. The molecule has 5 heteroatoms. The maximum Gasteiger partial charge on any atom is 0.248 e. The van der Waals surface area contributed by atoms with Crippen LogP contribution in [0.3, 0.4) is 0 Å². The Bertz CT molecular complexity index is 627. The zero-order valence-electron chi connectivity index (χ0n) is 11.5. The molecule has 2 rings (SSSR count). The van der Waals surface area contributed by atoms with Gasteiger partial charge in [-0.3, -0.25) is 4.79 Å². The number of carbonyl (C=O) groups excluding carboxylic acids is 1. The highest BCUT2D eigenvalue weighted by Gasteiger charge is 2.02. The average Bonchev–Trinajstić information content (AvgIpc) is 2.46. The molecule has 0 saturated carbocycles. The second-order valence-corrected chi connectivity index (χ2v) is 5.13. The Kier molecular flexibility index (Phi) is 5.06. The quantitative estimate of drug-likeness (QED) is 0.636. The number of rotatable bonds is 6. The molecule has 0 aromatic heterocycles. The predicted molar refractivity (Wildman–Crippen MR) is 84.6 cm³/mol. The first-order valence-electron chi connectivity index (χ1n) is 6.63. The van der Waals surface area contributed by atoms with Gasteiger partial charge in [-0.1, -0.05) is 23.7 Å². The van der Waals surface area contributed by atoms with Crippen LogP contribution in [0.25, 0.3) is 0 Å².